The molecule has 2 heterocycles. The molecule has 1 aliphatic rings. The molecule has 6 heteroatoms. The molecular formula is C19H23N3O3. The number of carbonyl (C=O) groups excluding carboxylic acids is 1. The largest absolute Gasteiger partial charge is 0.497 e. The molecule has 0 bridgehead atoms. The number of ether oxygens (including phenoxy) is 1. The molecule has 1 aliphatic heterocycles. The Balaban J connectivity index is 1.78. The van der Waals surface area contributed by atoms with Crippen molar-refractivity contribution < 1.29 is 14.6 Å². The Bertz CT molecular complexity index is 716. The summed E-state index contributed by atoms with van der Waals surface area (Å²) in [6.45, 7) is 2.42. The summed E-state index contributed by atoms with van der Waals surface area (Å²) in [5.74, 6) is 0.707. The molecule has 3 rings (SSSR count). The number of rotatable bonds is 5. The molecule has 0 spiro atoms. The molecule has 1 saturated heterocycles. The summed E-state index contributed by atoms with van der Waals surface area (Å²) in [6, 6.07) is 7.09. The Kier molecular flexibility index (Phi) is 4.99. The van der Waals surface area contributed by atoms with Crippen LogP contribution < -0.4 is 4.74 Å². The SMILES string of the molecule is COc1ccc([C@@](C)(O)[C@H]2CCCN2C(=O)Cc2cnccn2)cc1. The van der Waals surface area contributed by atoms with E-state index in [9.17, 15) is 9.90 Å². The first-order valence-corrected chi connectivity index (χ1v) is 8.43. The third-order valence-electron chi connectivity index (χ3n) is 4.85. The van der Waals surface area contributed by atoms with Gasteiger partial charge in [0.05, 0.1) is 25.3 Å². The minimum absolute atomic E-state index is 0.0308. The Morgan fingerprint density at radius 3 is 2.76 bits per heavy atom. The van der Waals surface area contributed by atoms with Gasteiger partial charge in [0.25, 0.3) is 0 Å². The fraction of sp³-hybridized carbons (Fsp3) is 0.421. The minimum atomic E-state index is -1.12. The monoisotopic (exact) mass is 341 g/mol. The minimum Gasteiger partial charge on any atom is -0.497 e. The van der Waals surface area contributed by atoms with Gasteiger partial charge in [-0.2, -0.15) is 0 Å². The Hall–Kier alpha value is -2.47. The highest BCUT2D eigenvalue weighted by molar-refractivity contribution is 5.79. The molecule has 1 fully saturated rings. The summed E-state index contributed by atoms with van der Waals surface area (Å²) >= 11 is 0. The van der Waals surface area contributed by atoms with E-state index in [1.165, 1.54) is 0 Å². The number of benzene rings is 1. The topological polar surface area (TPSA) is 75.6 Å². The lowest BCUT2D eigenvalue weighted by Gasteiger charge is -2.37. The van der Waals surface area contributed by atoms with E-state index in [1.54, 1.807) is 37.5 Å². The van der Waals surface area contributed by atoms with Gasteiger partial charge in [-0.1, -0.05) is 12.1 Å². The molecule has 0 unspecified atom stereocenters. The van der Waals surface area contributed by atoms with Gasteiger partial charge in [-0.25, -0.2) is 0 Å². The van der Waals surface area contributed by atoms with E-state index >= 15 is 0 Å². The van der Waals surface area contributed by atoms with Gasteiger partial charge >= 0.3 is 0 Å². The molecule has 0 aliphatic carbocycles. The first kappa shape index (κ1) is 17.4. The summed E-state index contributed by atoms with van der Waals surface area (Å²) in [5.41, 5.74) is 0.292. The predicted molar refractivity (Wildman–Crippen MR) is 93.0 cm³/mol. The summed E-state index contributed by atoms with van der Waals surface area (Å²) in [6.07, 6.45) is 6.61. The van der Waals surface area contributed by atoms with Crippen LogP contribution in [-0.4, -0.2) is 45.6 Å². The lowest BCUT2D eigenvalue weighted by atomic mass is 9.86. The third-order valence-corrected chi connectivity index (χ3v) is 4.85. The summed E-state index contributed by atoms with van der Waals surface area (Å²) in [5, 5.41) is 11.2. The van der Waals surface area contributed by atoms with Crippen LogP contribution in [0.1, 0.15) is 31.0 Å². The van der Waals surface area contributed by atoms with Crippen molar-refractivity contribution in [3.05, 3.63) is 54.1 Å². The molecule has 2 aromatic rings. The van der Waals surface area contributed by atoms with Gasteiger partial charge < -0.3 is 14.7 Å². The fourth-order valence-corrected chi connectivity index (χ4v) is 3.45. The first-order chi connectivity index (χ1) is 12.0. The van der Waals surface area contributed by atoms with Crippen molar-refractivity contribution in [2.45, 2.75) is 37.8 Å². The lowest BCUT2D eigenvalue weighted by Crippen LogP contribution is -2.48. The standard InChI is InChI=1S/C19H23N3O3/c1-19(24,14-5-7-16(25-2)8-6-14)17-4-3-11-22(17)18(23)12-15-13-20-9-10-21-15/h5-10,13,17,24H,3-4,11-12H2,1-2H3/t17-,19-/m1/s1. The van der Waals surface area contributed by atoms with Crippen molar-refractivity contribution in [3.8, 4) is 5.75 Å². The molecular weight excluding hydrogens is 318 g/mol. The Morgan fingerprint density at radius 2 is 2.12 bits per heavy atom. The number of hydrogen-bond donors (Lipinski definition) is 1. The van der Waals surface area contributed by atoms with Crippen LogP contribution >= 0.6 is 0 Å². The molecule has 0 saturated carbocycles. The van der Waals surface area contributed by atoms with Crippen LogP contribution in [0.2, 0.25) is 0 Å². The number of hydrogen-bond acceptors (Lipinski definition) is 5. The van der Waals surface area contributed by atoms with Crippen molar-refractivity contribution in [1.29, 1.82) is 0 Å². The van der Waals surface area contributed by atoms with Gasteiger partial charge in [0.1, 0.15) is 11.4 Å². The molecule has 1 N–H and O–H groups in total. The van der Waals surface area contributed by atoms with Gasteiger partial charge in [0.15, 0.2) is 0 Å². The van der Waals surface area contributed by atoms with Crippen LogP contribution in [0, 0.1) is 0 Å². The number of nitrogens with zero attached hydrogens (tertiary/aromatic N) is 3. The number of amides is 1. The average molecular weight is 341 g/mol. The second-order valence-electron chi connectivity index (χ2n) is 6.49. The highest BCUT2D eigenvalue weighted by Crippen LogP contribution is 2.35. The molecule has 132 valence electrons. The van der Waals surface area contributed by atoms with Crippen LogP contribution in [0.4, 0.5) is 0 Å². The highest BCUT2D eigenvalue weighted by atomic mass is 16.5. The van der Waals surface area contributed by atoms with E-state index in [0.717, 1.165) is 24.2 Å². The number of methoxy groups -OCH3 is 1. The molecule has 1 aromatic heterocycles. The Morgan fingerprint density at radius 1 is 1.36 bits per heavy atom. The van der Waals surface area contributed by atoms with E-state index in [2.05, 4.69) is 9.97 Å². The van der Waals surface area contributed by atoms with Gasteiger partial charge in [-0.15, -0.1) is 0 Å². The zero-order chi connectivity index (χ0) is 17.9. The van der Waals surface area contributed by atoms with E-state index in [-0.39, 0.29) is 18.4 Å². The third kappa shape index (κ3) is 3.64. The van der Waals surface area contributed by atoms with E-state index < -0.39 is 5.60 Å². The van der Waals surface area contributed by atoms with E-state index in [1.807, 2.05) is 24.3 Å². The lowest BCUT2D eigenvalue weighted by molar-refractivity contribution is -0.137. The average Bonchev–Trinajstić information content (AvgIpc) is 3.13. The molecule has 2 atom stereocenters. The van der Waals surface area contributed by atoms with Gasteiger partial charge in [-0.3, -0.25) is 14.8 Å². The fourth-order valence-electron chi connectivity index (χ4n) is 3.45. The van der Waals surface area contributed by atoms with Crippen LogP contribution in [0.15, 0.2) is 42.9 Å². The maximum absolute atomic E-state index is 12.7. The molecule has 0 radical (unpaired) electrons. The van der Waals surface area contributed by atoms with Crippen molar-refractivity contribution in [2.24, 2.45) is 0 Å². The van der Waals surface area contributed by atoms with Crippen molar-refractivity contribution >= 4 is 5.91 Å². The predicted octanol–water partition coefficient (Wildman–Crippen LogP) is 1.93. The van der Waals surface area contributed by atoms with Crippen molar-refractivity contribution in [3.63, 3.8) is 0 Å². The first-order valence-electron chi connectivity index (χ1n) is 8.43. The van der Waals surface area contributed by atoms with Gasteiger partial charge in [0.2, 0.25) is 5.91 Å². The number of likely N-dealkylation sites (tertiary alicyclic amines) is 1. The van der Waals surface area contributed by atoms with Gasteiger partial charge in [0, 0.05) is 25.1 Å². The normalized spacial score (nSPS) is 19.5. The number of aliphatic hydroxyl groups is 1. The van der Waals surface area contributed by atoms with Crippen LogP contribution in [0.3, 0.4) is 0 Å². The zero-order valence-corrected chi connectivity index (χ0v) is 14.6. The van der Waals surface area contributed by atoms with E-state index in [4.69, 9.17) is 4.74 Å². The van der Waals surface area contributed by atoms with Crippen LogP contribution in [0.25, 0.3) is 0 Å². The Labute approximate surface area is 147 Å². The summed E-state index contributed by atoms with van der Waals surface area (Å²) in [4.78, 5) is 22.7. The van der Waals surface area contributed by atoms with Crippen molar-refractivity contribution in [1.82, 2.24) is 14.9 Å². The smallest absolute Gasteiger partial charge is 0.229 e. The number of carbonyl (C=O) groups is 1. The van der Waals surface area contributed by atoms with E-state index in [0.29, 0.717) is 12.2 Å². The highest BCUT2D eigenvalue weighted by Gasteiger charge is 2.42. The van der Waals surface area contributed by atoms with Crippen molar-refractivity contribution in [2.75, 3.05) is 13.7 Å². The molecule has 6 nitrogen and oxygen atoms in total. The second-order valence-corrected chi connectivity index (χ2v) is 6.49. The quantitative estimate of drug-likeness (QED) is 0.899. The summed E-state index contributed by atoms with van der Waals surface area (Å²) in [7, 11) is 1.61. The number of aromatic nitrogens is 2. The maximum Gasteiger partial charge on any atom is 0.229 e. The molecule has 1 aromatic carbocycles. The molecule has 1 amide bonds. The van der Waals surface area contributed by atoms with Crippen LogP contribution in [-0.2, 0) is 16.8 Å². The maximum atomic E-state index is 12.7. The second kappa shape index (κ2) is 7.19. The summed E-state index contributed by atoms with van der Waals surface area (Å²) < 4.78 is 5.17. The van der Waals surface area contributed by atoms with Gasteiger partial charge in [-0.05, 0) is 37.5 Å². The van der Waals surface area contributed by atoms with Crippen LogP contribution in [0.5, 0.6) is 5.75 Å². The zero-order valence-electron chi connectivity index (χ0n) is 14.6. The molecule has 25 heavy (non-hydrogen) atoms.